The van der Waals surface area contributed by atoms with Crippen LogP contribution in [0.2, 0.25) is 0 Å². The van der Waals surface area contributed by atoms with Gasteiger partial charge in [-0.05, 0) is 31.7 Å². The van der Waals surface area contributed by atoms with Crippen molar-refractivity contribution < 1.29 is 10.0 Å². The topological polar surface area (TPSA) is 63.4 Å². The van der Waals surface area contributed by atoms with Crippen molar-refractivity contribution in [3.8, 4) is 0 Å². The van der Waals surface area contributed by atoms with Crippen LogP contribution in [0.1, 0.15) is 25.0 Å². The lowest BCUT2D eigenvalue weighted by Crippen LogP contribution is -2.16. The summed E-state index contributed by atoms with van der Waals surface area (Å²) in [7, 11) is 0. The van der Waals surface area contributed by atoms with Crippen molar-refractivity contribution >= 4 is 5.69 Å². The van der Waals surface area contributed by atoms with Gasteiger partial charge < -0.3 is 5.11 Å². The molecule has 4 heteroatoms. The minimum Gasteiger partial charge on any atom is -0.393 e. The molecule has 0 aromatic heterocycles. The average molecular weight is 223 g/mol. The lowest BCUT2D eigenvalue weighted by Gasteiger charge is -2.15. The molecular formula is C12H17NO3. The Morgan fingerprint density at radius 1 is 1.44 bits per heavy atom. The van der Waals surface area contributed by atoms with Crippen LogP contribution in [0.4, 0.5) is 5.69 Å². The molecule has 0 spiro atoms. The largest absolute Gasteiger partial charge is 0.393 e. The maximum absolute atomic E-state index is 10.7. The third-order valence-electron chi connectivity index (χ3n) is 2.98. The molecule has 0 bridgehead atoms. The number of rotatable bonds is 4. The minimum absolute atomic E-state index is 0.0979. The first-order valence-corrected chi connectivity index (χ1v) is 5.34. The maximum Gasteiger partial charge on any atom is 0.272 e. The van der Waals surface area contributed by atoms with Gasteiger partial charge in [0.1, 0.15) is 0 Å². The SMILES string of the molecule is Cc1c(CC(C)C(C)O)cccc1[N+](=O)[O-]. The Balaban J connectivity index is 2.98. The van der Waals surface area contributed by atoms with Crippen molar-refractivity contribution in [2.24, 2.45) is 5.92 Å². The van der Waals surface area contributed by atoms with Gasteiger partial charge in [-0.3, -0.25) is 10.1 Å². The molecule has 0 fully saturated rings. The summed E-state index contributed by atoms with van der Waals surface area (Å²) >= 11 is 0. The van der Waals surface area contributed by atoms with E-state index in [0.717, 1.165) is 5.56 Å². The van der Waals surface area contributed by atoms with E-state index >= 15 is 0 Å². The molecule has 1 aromatic rings. The molecule has 0 aliphatic rings. The van der Waals surface area contributed by atoms with Crippen molar-refractivity contribution in [1.29, 1.82) is 0 Å². The molecule has 88 valence electrons. The van der Waals surface area contributed by atoms with Crippen molar-refractivity contribution in [2.75, 3.05) is 0 Å². The summed E-state index contributed by atoms with van der Waals surface area (Å²) in [5.41, 5.74) is 1.78. The monoisotopic (exact) mass is 223 g/mol. The fourth-order valence-electron chi connectivity index (χ4n) is 1.61. The number of nitro groups is 1. The molecule has 0 saturated heterocycles. The lowest BCUT2D eigenvalue weighted by atomic mass is 9.93. The number of aliphatic hydroxyl groups is 1. The molecule has 4 nitrogen and oxygen atoms in total. The third-order valence-corrected chi connectivity index (χ3v) is 2.98. The van der Waals surface area contributed by atoms with E-state index in [9.17, 15) is 15.2 Å². The summed E-state index contributed by atoms with van der Waals surface area (Å²) in [6, 6.07) is 5.07. The van der Waals surface area contributed by atoms with Crippen molar-refractivity contribution in [1.82, 2.24) is 0 Å². The van der Waals surface area contributed by atoms with Gasteiger partial charge in [-0.2, -0.15) is 0 Å². The Labute approximate surface area is 95.1 Å². The van der Waals surface area contributed by atoms with Gasteiger partial charge in [-0.25, -0.2) is 0 Å². The molecule has 0 heterocycles. The number of nitro benzene ring substituents is 1. The van der Waals surface area contributed by atoms with E-state index in [1.165, 1.54) is 6.07 Å². The normalized spacial score (nSPS) is 14.5. The molecule has 1 N–H and O–H groups in total. The van der Waals surface area contributed by atoms with E-state index in [1.807, 2.05) is 13.0 Å². The second kappa shape index (κ2) is 5.07. The number of benzene rings is 1. The van der Waals surface area contributed by atoms with Gasteiger partial charge in [0.2, 0.25) is 0 Å². The second-order valence-corrected chi connectivity index (χ2v) is 4.24. The van der Waals surface area contributed by atoms with Crippen molar-refractivity contribution in [3.05, 3.63) is 39.4 Å². The molecular weight excluding hydrogens is 206 g/mol. The Morgan fingerprint density at radius 3 is 2.56 bits per heavy atom. The van der Waals surface area contributed by atoms with Crippen LogP contribution in [0, 0.1) is 23.0 Å². The van der Waals surface area contributed by atoms with Crippen molar-refractivity contribution in [2.45, 2.75) is 33.3 Å². The van der Waals surface area contributed by atoms with Gasteiger partial charge in [0.25, 0.3) is 5.69 Å². The summed E-state index contributed by atoms with van der Waals surface area (Å²) in [5.74, 6) is 0.0979. The molecule has 0 aliphatic heterocycles. The first kappa shape index (κ1) is 12.6. The number of hydrogen-bond acceptors (Lipinski definition) is 3. The summed E-state index contributed by atoms with van der Waals surface area (Å²) in [6.07, 6.45) is 0.254. The van der Waals surface area contributed by atoms with Crippen LogP contribution in [0.3, 0.4) is 0 Å². The quantitative estimate of drug-likeness (QED) is 0.630. The van der Waals surface area contributed by atoms with Crippen LogP contribution >= 0.6 is 0 Å². The number of nitrogens with zero attached hydrogens (tertiary/aromatic N) is 1. The second-order valence-electron chi connectivity index (χ2n) is 4.24. The molecule has 0 radical (unpaired) electrons. The van der Waals surface area contributed by atoms with Gasteiger partial charge in [0.05, 0.1) is 11.0 Å². The highest BCUT2D eigenvalue weighted by Crippen LogP contribution is 2.23. The fraction of sp³-hybridized carbons (Fsp3) is 0.500. The first-order chi connectivity index (χ1) is 7.43. The highest BCUT2D eigenvalue weighted by atomic mass is 16.6. The molecule has 0 aliphatic carbocycles. The van der Waals surface area contributed by atoms with Crippen LogP contribution < -0.4 is 0 Å². The van der Waals surface area contributed by atoms with Gasteiger partial charge in [-0.15, -0.1) is 0 Å². The van der Waals surface area contributed by atoms with Gasteiger partial charge in [-0.1, -0.05) is 19.1 Å². The van der Waals surface area contributed by atoms with Crippen LogP contribution in [0.25, 0.3) is 0 Å². The molecule has 1 rings (SSSR count). The zero-order valence-electron chi connectivity index (χ0n) is 9.80. The predicted molar refractivity (Wildman–Crippen MR) is 62.4 cm³/mol. The zero-order valence-corrected chi connectivity index (χ0v) is 9.80. The Bertz CT molecular complexity index is 388. The summed E-state index contributed by atoms with van der Waals surface area (Å²) in [5, 5.41) is 20.2. The van der Waals surface area contributed by atoms with Gasteiger partial charge in [0.15, 0.2) is 0 Å². The average Bonchev–Trinajstić information content (AvgIpc) is 2.20. The van der Waals surface area contributed by atoms with Crippen molar-refractivity contribution in [3.63, 3.8) is 0 Å². The molecule has 0 amide bonds. The molecule has 0 saturated carbocycles. The number of aliphatic hydroxyl groups excluding tert-OH is 1. The Morgan fingerprint density at radius 2 is 2.06 bits per heavy atom. The van der Waals surface area contributed by atoms with Gasteiger partial charge >= 0.3 is 0 Å². The van der Waals surface area contributed by atoms with Crippen LogP contribution in [0.5, 0.6) is 0 Å². The number of hydrogen-bond donors (Lipinski definition) is 1. The fourth-order valence-corrected chi connectivity index (χ4v) is 1.61. The summed E-state index contributed by atoms with van der Waals surface area (Å²) in [4.78, 5) is 10.4. The predicted octanol–water partition coefficient (Wildman–Crippen LogP) is 2.46. The molecule has 16 heavy (non-hydrogen) atoms. The highest BCUT2D eigenvalue weighted by molar-refractivity contribution is 5.44. The molecule has 1 aromatic carbocycles. The maximum atomic E-state index is 10.7. The summed E-state index contributed by atoms with van der Waals surface area (Å²) < 4.78 is 0. The van der Waals surface area contributed by atoms with E-state index in [0.29, 0.717) is 12.0 Å². The smallest absolute Gasteiger partial charge is 0.272 e. The zero-order chi connectivity index (χ0) is 12.3. The van der Waals surface area contributed by atoms with E-state index in [4.69, 9.17) is 0 Å². The van der Waals surface area contributed by atoms with E-state index < -0.39 is 6.10 Å². The van der Waals surface area contributed by atoms with E-state index in [1.54, 1.807) is 19.9 Å². The van der Waals surface area contributed by atoms with Gasteiger partial charge in [0, 0.05) is 11.6 Å². The summed E-state index contributed by atoms with van der Waals surface area (Å²) in [6.45, 7) is 5.42. The highest BCUT2D eigenvalue weighted by Gasteiger charge is 2.16. The van der Waals surface area contributed by atoms with E-state index in [-0.39, 0.29) is 16.5 Å². The van der Waals surface area contributed by atoms with Crippen LogP contribution in [-0.2, 0) is 6.42 Å². The lowest BCUT2D eigenvalue weighted by molar-refractivity contribution is -0.385. The standard InChI is InChI=1S/C12H17NO3/c1-8(10(3)14)7-11-5-4-6-12(9(11)2)13(15)16/h4-6,8,10,14H,7H2,1-3H3. The molecule has 2 atom stereocenters. The third kappa shape index (κ3) is 2.79. The van der Waals surface area contributed by atoms with E-state index in [2.05, 4.69) is 0 Å². The molecule has 2 unspecified atom stereocenters. The van der Waals surface area contributed by atoms with Crippen LogP contribution in [-0.4, -0.2) is 16.1 Å². The first-order valence-electron chi connectivity index (χ1n) is 5.34. The minimum atomic E-state index is -0.404. The van der Waals surface area contributed by atoms with Crippen LogP contribution in [0.15, 0.2) is 18.2 Å². The Hall–Kier alpha value is -1.42. The Kier molecular flexibility index (Phi) is 4.01.